The smallest absolute Gasteiger partial charge is 0.352 e. The van der Waals surface area contributed by atoms with Gasteiger partial charge >= 0.3 is 11.9 Å². The van der Waals surface area contributed by atoms with E-state index in [1.54, 1.807) is 26.3 Å². The number of anilines is 1. The molecule has 4 rings (SSSR count). The number of halogens is 1. The lowest BCUT2D eigenvalue weighted by molar-refractivity contribution is -0.160. The minimum atomic E-state index is -1.25. The lowest BCUT2D eigenvalue weighted by Gasteiger charge is -2.49. The second kappa shape index (κ2) is 12.3. The highest BCUT2D eigenvalue weighted by Gasteiger charge is 2.54. The van der Waals surface area contributed by atoms with Gasteiger partial charge in [-0.2, -0.15) is 0 Å². The highest BCUT2D eigenvalue weighted by Crippen LogP contribution is 2.41. The van der Waals surface area contributed by atoms with Crippen molar-refractivity contribution in [2.45, 2.75) is 42.1 Å². The van der Waals surface area contributed by atoms with Gasteiger partial charge in [0.05, 0.1) is 0 Å². The average molecular weight is 648 g/mol. The molecule has 0 bridgehead atoms. The van der Waals surface area contributed by atoms with Crippen LogP contribution in [-0.4, -0.2) is 89.8 Å². The highest BCUT2D eigenvalue weighted by atomic mass is 35.5. The summed E-state index contributed by atoms with van der Waals surface area (Å²) in [5, 5.41) is 23.2. The van der Waals surface area contributed by atoms with E-state index >= 15 is 0 Å². The molecule has 0 aromatic carbocycles. The molecule has 2 amide bonds. The Bertz CT molecular complexity index is 1390. The van der Waals surface area contributed by atoms with Crippen LogP contribution in [0.3, 0.4) is 0 Å². The summed E-state index contributed by atoms with van der Waals surface area (Å²) in [5.74, 6) is -2.84. The van der Waals surface area contributed by atoms with Crippen molar-refractivity contribution in [1.82, 2.24) is 25.4 Å². The molecular formula is C21H22ClN7O7S4. The predicted octanol–water partition coefficient (Wildman–Crippen LogP) is 1.82. The molecule has 0 aliphatic carbocycles. The van der Waals surface area contributed by atoms with E-state index in [0.29, 0.717) is 21.4 Å². The first-order chi connectivity index (χ1) is 18.9. The van der Waals surface area contributed by atoms with Gasteiger partial charge in [-0.3, -0.25) is 14.5 Å². The standard InChI is InChI=1S/C21H22ClN7O7S4/c1-21(2,3)36-9(30)4-35-28-11(10-14(22)40-19(23)26-10)15(31)25-12-16(32)29-13(18(33)34)8(5-37-17(12)29)6-38-20-27-24-7-39-20/h7,12,17H,4-6H2,1-3H3,(H2,23,26)(H,25,31)(H,33,34)/b28-11+/t12?,17-/m1/s1. The van der Waals surface area contributed by atoms with Crippen LogP contribution in [0.25, 0.3) is 0 Å². The van der Waals surface area contributed by atoms with Crippen molar-refractivity contribution in [3.8, 4) is 0 Å². The molecule has 1 unspecified atom stereocenters. The van der Waals surface area contributed by atoms with Crippen LogP contribution >= 0.6 is 57.8 Å². The number of carboxylic acids is 1. The maximum Gasteiger partial charge on any atom is 0.352 e. The van der Waals surface area contributed by atoms with Gasteiger partial charge in [-0.25, -0.2) is 14.6 Å². The number of thioether (sulfide) groups is 2. The third kappa shape index (κ3) is 6.85. The molecule has 0 radical (unpaired) electrons. The second-order valence-corrected chi connectivity index (χ2v) is 13.9. The third-order valence-corrected chi connectivity index (χ3v) is 9.42. The van der Waals surface area contributed by atoms with Crippen molar-refractivity contribution in [3.05, 3.63) is 26.8 Å². The number of nitrogen functional groups attached to an aromatic ring is 1. The van der Waals surface area contributed by atoms with Crippen LogP contribution in [-0.2, 0) is 28.8 Å². The van der Waals surface area contributed by atoms with Gasteiger partial charge in [-0.05, 0) is 26.3 Å². The first-order valence-corrected chi connectivity index (χ1v) is 15.4. The Morgan fingerprint density at radius 2 is 2.12 bits per heavy atom. The molecule has 14 nitrogen and oxygen atoms in total. The number of β-lactam (4-membered cyclic amide) rings is 1. The number of hydrogen-bond acceptors (Lipinski definition) is 15. The molecule has 2 aromatic heterocycles. The number of amides is 2. The van der Waals surface area contributed by atoms with Crippen molar-refractivity contribution in [2.75, 3.05) is 23.8 Å². The molecule has 40 heavy (non-hydrogen) atoms. The molecular weight excluding hydrogens is 626 g/mol. The summed E-state index contributed by atoms with van der Waals surface area (Å²) in [6, 6.07) is -1.06. The fraction of sp³-hybridized carbons (Fsp3) is 0.429. The number of thiazole rings is 1. The number of carbonyl (C=O) groups is 4. The van der Waals surface area contributed by atoms with Crippen LogP contribution < -0.4 is 11.1 Å². The van der Waals surface area contributed by atoms with Crippen molar-refractivity contribution in [2.24, 2.45) is 5.16 Å². The van der Waals surface area contributed by atoms with E-state index in [4.69, 9.17) is 26.9 Å². The number of carbonyl (C=O) groups excluding carboxylic acids is 3. The number of nitrogens with two attached hydrogens (primary N) is 1. The fourth-order valence-electron chi connectivity index (χ4n) is 3.55. The number of oxime groups is 1. The maximum atomic E-state index is 13.3. The molecule has 2 aliphatic rings. The Balaban J connectivity index is 1.49. The van der Waals surface area contributed by atoms with Gasteiger partial charge in [-0.15, -0.1) is 22.0 Å². The van der Waals surface area contributed by atoms with E-state index in [-0.39, 0.29) is 20.9 Å². The minimum absolute atomic E-state index is 0.0366. The van der Waals surface area contributed by atoms with E-state index < -0.39 is 53.1 Å². The van der Waals surface area contributed by atoms with Gasteiger partial charge in [0.1, 0.15) is 38.3 Å². The van der Waals surface area contributed by atoms with Crippen LogP contribution in [0.4, 0.5) is 5.13 Å². The number of ether oxygens (including phenoxy) is 1. The van der Waals surface area contributed by atoms with Crippen LogP contribution in [0.2, 0.25) is 4.34 Å². The van der Waals surface area contributed by atoms with Gasteiger partial charge in [0.15, 0.2) is 15.2 Å². The van der Waals surface area contributed by atoms with E-state index in [1.807, 2.05) is 0 Å². The number of fused-ring (bicyclic) bond motifs is 1. The largest absolute Gasteiger partial charge is 0.477 e. The number of aliphatic carboxylic acids is 1. The quantitative estimate of drug-likeness (QED) is 0.111. The SMILES string of the molecule is CC(C)(C)OC(=O)CO/N=C(/C(=O)NC1C(=O)N2C(C(=O)O)=C(CSc3nncs3)CS[C@H]12)c1nc(N)sc1Cl. The monoisotopic (exact) mass is 647 g/mol. The van der Waals surface area contributed by atoms with Crippen molar-refractivity contribution < 1.29 is 33.9 Å². The summed E-state index contributed by atoms with van der Waals surface area (Å²) < 4.78 is 5.86. The summed E-state index contributed by atoms with van der Waals surface area (Å²) in [5.41, 5.74) is 6.43. The lowest BCUT2D eigenvalue weighted by Crippen LogP contribution is -2.71. The van der Waals surface area contributed by atoms with Crippen molar-refractivity contribution >= 4 is 92.4 Å². The zero-order valence-electron chi connectivity index (χ0n) is 21.1. The van der Waals surface area contributed by atoms with Gasteiger partial charge in [-0.1, -0.05) is 51.2 Å². The molecule has 1 saturated heterocycles. The van der Waals surface area contributed by atoms with E-state index in [1.165, 1.54) is 34.9 Å². The van der Waals surface area contributed by atoms with Gasteiger partial charge in [0.2, 0.25) is 6.61 Å². The Morgan fingerprint density at radius 3 is 2.73 bits per heavy atom. The van der Waals surface area contributed by atoms with Gasteiger partial charge in [0.25, 0.3) is 11.8 Å². The molecule has 2 atom stereocenters. The Labute approximate surface area is 248 Å². The molecule has 2 aliphatic heterocycles. The second-order valence-electron chi connectivity index (χ2n) is 9.09. The molecule has 2 aromatic rings. The van der Waals surface area contributed by atoms with E-state index in [2.05, 4.69) is 25.7 Å². The number of aromatic nitrogens is 3. The van der Waals surface area contributed by atoms with Gasteiger partial charge in [0, 0.05) is 11.5 Å². The van der Waals surface area contributed by atoms with Crippen LogP contribution in [0.15, 0.2) is 26.3 Å². The molecule has 0 saturated carbocycles. The third-order valence-electron chi connectivity index (χ3n) is 5.05. The minimum Gasteiger partial charge on any atom is -0.477 e. The number of esters is 1. The predicted molar refractivity (Wildman–Crippen MR) is 150 cm³/mol. The van der Waals surface area contributed by atoms with Gasteiger partial charge < -0.3 is 25.7 Å². The summed E-state index contributed by atoms with van der Waals surface area (Å²) in [6.45, 7) is 4.43. The number of rotatable bonds is 10. The van der Waals surface area contributed by atoms with Crippen molar-refractivity contribution in [1.29, 1.82) is 0 Å². The number of hydrogen-bond donors (Lipinski definition) is 3. The van der Waals surface area contributed by atoms with Crippen LogP contribution in [0.1, 0.15) is 26.5 Å². The first kappa shape index (κ1) is 30.0. The summed E-state index contributed by atoms with van der Waals surface area (Å²) in [7, 11) is 0. The number of carboxylic acid groups (broad SMARTS) is 1. The Morgan fingerprint density at radius 1 is 1.38 bits per heavy atom. The Kier molecular flexibility index (Phi) is 9.23. The van der Waals surface area contributed by atoms with E-state index in [0.717, 1.165) is 16.2 Å². The molecule has 4 heterocycles. The Hall–Kier alpha value is -2.93. The van der Waals surface area contributed by atoms with Crippen LogP contribution in [0, 0.1) is 0 Å². The zero-order valence-corrected chi connectivity index (χ0v) is 25.1. The highest BCUT2D eigenvalue weighted by molar-refractivity contribution is 8.01. The topological polar surface area (TPSA) is 199 Å². The number of nitrogens with zero attached hydrogens (tertiary/aromatic N) is 5. The first-order valence-electron chi connectivity index (χ1n) is 11.3. The summed E-state index contributed by atoms with van der Waals surface area (Å²) >= 11 is 11.0. The summed E-state index contributed by atoms with van der Waals surface area (Å²) in [6.07, 6.45) is 0. The van der Waals surface area contributed by atoms with Crippen LogP contribution in [0.5, 0.6) is 0 Å². The molecule has 0 spiro atoms. The molecule has 214 valence electrons. The molecule has 19 heteroatoms. The fourth-order valence-corrected chi connectivity index (χ4v) is 7.46. The zero-order chi connectivity index (χ0) is 29.2. The van der Waals surface area contributed by atoms with Crippen molar-refractivity contribution in [3.63, 3.8) is 0 Å². The molecule has 1 fully saturated rings. The van der Waals surface area contributed by atoms with E-state index in [9.17, 15) is 24.3 Å². The normalized spacial score (nSPS) is 19.1. The maximum absolute atomic E-state index is 13.3. The lowest BCUT2D eigenvalue weighted by atomic mass is 10.0. The average Bonchev–Trinajstić information content (AvgIpc) is 3.50. The molecule has 4 N–H and O–H groups in total. The number of nitrogens with one attached hydrogen (secondary N) is 1. The summed E-state index contributed by atoms with van der Waals surface area (Å²) in [4.78, 5) is 60.6.